The summed E-state index contributed by atoms with van der Waals surface area (Å²) in [5.41, 5.74) is -0.994. The van der Waals surface area contributed by atoms with E-state index in [1.165, 1.54) is 19.2 Å². The SMILES string of the molecule is COc1cccc(C(F)(F)F)c1C=NN. The largest absolute Gasteiger partial charge is 0.496 e. The summed E-state index contributed by atoms with van der Waals surface area (Å²) in [6.45, 7) is 0. The molecule has 0 aliphatic rings. The van der Waals surface area contributed by atoms with Crippen LogP contribution in [0.25, 0.3) is 0 Å². The number of benzene rings is 1. The minimum absolute atomic E-state index is 0.0824. The van der Waals surface area contributed by atoms with Crippen molar-refractivity contribution >= 4 is 6.21 Å². The van der Waals surface area contributed by atoms with Gasteiger partial charge in [0.25, 0.3) is 0 Å². The molecule has 0 saturated heterocycles. The van der Waals surface area contributed by atoms with Crippen molar-refractivity contribution in [3.05, 3.63) is 29.3 Å². The second-order valence-corrected chi connectivity index (χ2v) is 2.70. The molecule has 0 amide bonds. The van der Waals surface area contributed by atoms with Crippen LogP contribution in [0.2, 0.25) is 0 Å². The maximum Gasteiger partial charge on any atom is 0.417 e. The van der Waals surface area contributed by atoms with E-state index in [-0.39, 0.29) is 11.3 Å². The molecule has 15 heavy (non-hydrogen) atoms. The van der Waals surface area contributed by atoms with Gasteiger partial charge in [-0.25, -0.2) is 0 Å². The predicted molar refractivity (Wildman–Crippen MR) is 49.8 cm³/mol. The van der Waals surface area contributed by atoms with Gasteiger partial charge < -0.3 is 10.6 Å². The van der Waals surface area contributed by atoms with E-state index in [0.717, 1.165) is 12.3 Å². The average molecular weight is 218 g/mol. The predicted octanol–water partition coefficient (Wildman–Crippen LogP) is 2.01. The highest BCUT2D eigenvalue weighted by Crippen LogP contribution is 2.34. The summed E-state index contributed by atoms with van der Waals surface area (Å²) in [7, 11) is 1.28. The minimum atomic E-state index is -4.45. The molecule has 0 aliphatic heterocycles. The Hall–Kier alpha value is -1.72. The van der Waals surface area contributed by atoms with Crippen molar-refractivity contribution in [1.82, 2.24) is 0 Å². The third kappa shape index (κ3) is 2.39. The van der Waals surface area contributed by atoms with Crippen molar-refractivity contribution in [2.75, 3.05) is 7.11 Å². The molecule has 0 aromatic heterocycles. The summed E-state index contributed by atoms with van der Waals surface area (Å²) in [6.07, 6.45) is -3.54. The van der Waals surface area contributed by atoms with Crippen LogP contribution in [-0.2, 0) is 6.18 Å². The van der Waals surface area contributed by atoms with Gasteiger partial charge in [-0.3, -0.25) is 0 Å². The maximum atomic E-state index is 12.5. The van der Waals surface area contributed by atoms with Gasteiger partial charge in [-0.05, 0) is 12.1 Å². The zero-order chi connectivity index (χ0) is 11.5. The van der Waals surface area contributed by atoms with Gasteiger partial charge in [-0.2, -0.15) is 18.3 Å². The van der Waals surface area contributed by atoms with E-state index in [4.69, 9.17) is 10.6 Å². The first kappa shape index (κ1) is 11.4. The molecule has 82 valence electrons. The van der Waals surface area contributed by atoms with E-state index in [1.54, 1.807) is 0 Å². The fourth-order valence-electron chi connectivity index (χ4n) is 1.18. The summed E-state index contributed by atoms with van der Waals surface area (Å²) >= 11 is 0. The molecule has 6 heteroatoms. The number of alkyl halides is 3. The number of methoxy groups -OCH3 is 1. The Morgan fingerprint density at radius 1 is 1.40 bits per heavy atom. The summed E-state index contributed by atoms with van der Waals surface area (Å²) in [5, 5.41) is 3.08. The van der Waals surface area contributed by atoms with E-state index in [0.29, 0.717) is 0 Å². The summed E-state index contributed by atoms with van der Waals surface area (Å²) in [5.74, 6) is 4.93. The molecule has 1 aromatic carbocycles. The number of ether oxygens (including phenoxy) is 1. The normalized spacial score (nSPS) is 12.0. The average Bonchev–Trinajstić information content (AvgIpc) is 2.17. The first-order valence-electron chi connectivity index (χ1n) is 3.98. The number of hydrazone groups is 1. The molecule has 0 heterocycles. The highest BCUT2D eigenvalue weighted by atomic mass is 19.4. The molecule has 0 unspecified atom stereocenters. The molecule has 1 aromatic rings. The zero-order valence-corrected chi connectivity index (χ0v) is 7.88. The molecule has 0 fully saturated rings. The van der Waals surface area contributed by atoms with Gasteiger partial charge in [0.15, 0.2) is 0 Å². The van der Waals surface area contributed by atoms with Gasteiger partial charge in [0.1, 0.15) is 5.75 Å². The lowest BCUT2D eigenvalue weighted by Crippen LogP contribution is -2.10. The molecule has 0 bridgehead atoms. The standard InChI is InChI=1S/C9H9F3N2O/c1-15-8-4-2-3-7(9(10,11)12)6(8)5-14-13/h2-5H,13H2,1H3. The van der Waals surface area contributed by atoms with Crippen LogP contribution in [0.1, 0.15) is 11.1 Å². The summed E-state index contributed by atoms with van der Waals surface area (Å²) in [4.78, 5) is 0. The lowest BCUT2D eigenvalue weighted by Gasteiger charge is -2.12. The topological polar surface area (TPSA) is 47.6 Å². The Morgan fingerprint density at radius 2 is 2.07 bits per heavy atom. The van der Waals surface area contributed by atoms with Crippen molar-refractivity contribution in [3.63, 3.8) is 0 Å². The first-order valence-corrected chi connectivity index (χ1v) is 3.98. The van der Waals surface area contributed by atoms with Crippen molar-refractivity contribution < 1.29 is 17.9 Å². The molecule has 1 rings (SSSR count). The van der Waals surface area contributed by atoms with Gasteiger partial charge >= 0.3 is 6.18 Å². The van der Waals surface area contributed by atoms with E-state index in [9.17, 15) is 13.2 Å². The Balaban J connectivity index is 3.38. The molecule has 0 saturated carbocycles. The van der Waals surface area contributed by atoms with Gasteiger partial charge in [0.05, 0.1) is 18.9 Å². The third-order valence-corrected chi connectivity index (χ3v) is 1.80. The summed E-state index contributed by atoms with van der Waals surface area (Å²) < 4.78 is 42.4. The van der Waals surface area contributed by atoms with Crippen molar-refractivity contribution in [3.8, 4) is 5.75 Å². The Bertz CT molecular complexity index is 374. The van der Waals surface area contributed by atoms with E-state index >= 15 is 0 Å². The molecule has 2 N–H and O–H groups in total. The fourth-order valence-corrected chi connectivity index (χ4v) is 1.18. The van der Waals surface area contributed by atoms with Gasteiger partial charge in [-0.15, -0.1) is 0 Å². The Morgan fingerprint density at radius 3 is 2.53 bits per heavy atom. The van der Waals surface area contributed by atoms with Crippen LogP contribution in [0.15, 0.2) is 23.3 Å². The number of hydrogen-bond donors (Lipinski definition) is 1. The molecular formula is C9H9F3N2O. The Kier molecular flexibility index (Phi) is 3.18. The highest BCUT2D eigenvalue weighted by molar-refractivity contribution is 5.85. The third-order valence-electron chi connectivity index (χ3n) is 1.80. The molecule has 0 aliphatic carbocycles. The van der Waals surface area contributed by atoms with Gasteiger partial charge in [-0.1, -0.05) is 6.07 Å². The minimum Gasteiger partial charge on any atom is -0.496 e. The highest BCUT2D eigenvalue weighted by Gasteiger charge is 2.34. The van der Waals surface area contributed by atoms with Crippen molar-refractivity contribution in [2.45, 2.75) is 6.18 Å². The second kappa shape index (κ2) is 4.20. The van der Waals surface area contributed by atoms with Gasteiger partial charge in [0.2, 0.25) is 0 Å². The quantitative estimate of drug-likeness (QED) is 0.469. The van der Waals surface area contributed by atoms with Crippen molar-refractivity contribution in [1.29, 1.82) is 0 Å². The number of halogens is 3. The zero-order valence-electron chi connectivity index (χ0n) is 7.88. The molecular weight excluding hydrogens is 209 g/mol. The van der Waals surface area contributed by atoms with Crippen LogP contribution in [0.4, 0.5) is 13.2 Å². The molecule has 0 radical (unpaired) electrons. The maximum absolute atomic E-state index is 12.5. The summed E-state index contributed by atoms with van der Waals surface area (Å²) in [6, 6.07) is 3.61. The van der Waals surface area contributed by atoms with Crippen molar-refractivity contribution in [2.24, 2.45) is 10.9 Å². The van der Waals surface area contributed by atoms with E-state index < -0.39 is 11.7 Å². The van der Waals surface area contributed by atoms with Crippen LogP contribution in [-0.4, -0.2) is 13.3 Å². The first-order chi connectivity index (χ1) is 7.00. The monoisotopic (exact) mass is 218 g/mol. The number of rotatable bonds is 2. The Labute approximate surface area is 84.3 Å². The molecule has 0 spiro atoms. The van der Waals surface area contributed by atoms with Crippen LogP contribution in [0, 0.1) is 0 Å². The molecule has 3 nitrogen and oxygen atoms in total. The van der Waals surface area contributed by atoms with Crippen LogP contribution in [0.5, 0.6) is 5.75 Å². The lowest BCUT2D eigenvalue weighted by molar-refractivity contribution is -0.137. The smallest absolute Gasteiger partial charge is 0.417 e. The second-order valence-electron chi connectivity index (χ2n) is 2.70. The van der Waals surface area contributed by atoms with E-state index in [1.807, 2.05) is 0 Å². The molecule has 0 atom stereocenters. The number of hydrogen-bond acceptors (Lipinski definition) is 3. The van der Waals surface area contributed by atoms with Crippen LogP contribution < -0.4 is 10.6 Å². The number of nitrogens with zero attached hydrogens (tertiary/aromatic N) is 1. The number of nitrogens with two attached hydrogens (primary N) is 1. The lowest BCUT2D eigenvalue weighted by atomic mass is 10.1. The van der Waals surface area contributed by atoms with E-state index in [2.05, 4.69) is 5.10 Å². The van der Waals surface area contributed by atoms with Crippen LogP contribution >= 0.6 is 0 Å². The van der Waals surface area contributed by atoms with Crippen LogP contribution in [0.3, 0.4) is 0 Å². The fraction of sp³-hybridized carbons (Fsp3) is 0.222. The van der Waals surface area contributed by atoms with Gasteiger partial charge in [0, 0.05) is 5.56 Å².